The van der Waals surface area contributed by atoms with Crippen molar-refractivity contribution in [2.75, 3.05) is 18.1 Å². The highest BCUT2D eigenvalue weighted by Gasteiger charge is 2.25. The molecule has 0 unspecified atom stereocenters. The third-order valence-corrected chi connectivity index (χ3v) is 4.88. The second-order valence-electron chi connectivity index (χ2n) is 5.52. The molecule has 0 spiro atoms. The number of hydrogen-bond acceptors (Lipinski definition) is 5. The van der Waals surface area contributed by atoms with E-state index in [2.05, 4.69) is 17.1 Å². The van der Waals surface area contributed by atoms with Crippen LogP contribution < -0.4 is 0 Å². The molecule has 1 aliphatic rings. The summed E-state index contributed by atoms with van der Waals surface area (Å²) in [7, 11) is 1.79. The molecule has 1 amide bonds. The fraction of sp³-hybridized carbons (Fsp3) is 0.533. The first-order valence-electron chi connectivity index (χ1n) is 7.68. The van der Waals surface area contributed by atoms with Crippen LogP contribution in [0.2, 0.25) is 0 Å². The molecule has 1 aliphatic heterocycles. The van der Waals surface area contributed by atoms with E-state index in [4.69, 9.17) is 0 Å². The molecule has 0 radical (unpaired) electrons. The standard InChI is InChI=1S/C15H21N5O2S/c1-3-23-10-14(21)19-6-7-20-11(9-19)8-12(17-20)15(22)13-4-5-16-18(13)2/h4-5,8,15,22H,3,6-7,9-10H2,1-2H3/t15-/m1/s1. The Morgan fingerprint density at radius 2 is 2.30 bits per heavy atom. The number of aliphatic hydroxyl groups excluding tert-OH is 1. The number of hydrogen-bond donors (Lipinski definition) is 1. The van der Waals surface area contributed by atoms with Crippen LogP contribution in [0.3, 0.4) is 0 Å². The molecule has 2 aromatic rings. The molecule has 0 fully saturated rings. The number of thioether (sulfide) groups is 1. The first-order chi connectivity index (χ1) is 11.1. The zero-order valence-electron chi connectivity index (χ0n) is 13.3. The molecular formula is C15H21N5O2S. The van der Waals surface area contributed by atoms with Gasteiger partial charge in [-0.05, 0) is 17.9 Å². The topological polar surface area (TPSA) is 76.2 Å². The van der Waals surface area contributed by atoms with Crippen molar-refractivity contribution < 1.29 is 9.90 Å². The Hall–Kier alpha value is -1.80. The molecular weight excluding hydrogens is 314 g/mol. The van der Waals surface area contributed by atoms with Gasteiger partial charge in [0.25, 0.3) is 0 Å². The highest BCUT2D eigenvalue weighted by molar-refractivity contribution is 7.99. The predicted molar refractivity (Wildman–Crippen MR) is 87.9 cm³/mol. The number of aryl methyl sites for hydroxylation is 1. The number of nitrogens with zero attached hydrogens (tertiary/aromatic N) is 5. The van der Waals surface area contributed by atoms with Crippen LogP contribution in [0.1, 0.15) is 30.1 Å². The van der Waals surface area contributed by atoms with E-state index in [0.29, 0.717) is 36.8 Å². The number of carbonyl (C=O) groups excluding carboxylic acids is 1. The van der Waals surface area contributed by atoms with E-state index in [9.17, 15) is 9.90 Å². The summed E-state index contributed by atoms with van der Waals surface area (Å²) in [5.41, 5.74) is 2.26. The molecule has 0 saturated heterocycles. The van der Waals surface area contributed by atoms with Gasteiger partial charge in [-0.3, -0.25) is 14.2 Å². The summed E-state index contributed by atoms with van der Waals surface area (Å²) in [5, 5.41) is 19.0. The van der Waals surface area contributed by atoms with Crippen LogP contribution in [0.25, 0.3) is 0 Å². The van der Waals surface area contributed by atoms with Gasteiger partial charge >= 0.3 is 0 Å². The summed E-state index contributed by atoms with van der Waals surface area (Å²) >= 11 is 1.64. The summed E-state index contributed by atoms with van der Waals surface area (Å²) in [6.07, 6.45) is 0.848. The lowest BCUT2D eigenvalue weighted by Gasteiger charge is -2.27. The molecule has 1 atom stereocenters. The summed E-state index contributed by atoms with van der Waals surface area (Å²) in [5.74, 6) is 1.63. The first kappa shape index (κ1) is 16.1. The highest BCUT2D eigenvalue weighted by Crippen LogP contribution is 2.23. The van der Waals surface area contributed by atoms with Gasteiger partial charge in [0.05, 0.1) is 35.9 Å². The average Bonchev–Trinajstić information content (AvgIpc) is 3.17. The van der Waals surface area contributed by atoms with Crippen molar-refractivity contribution in [2.45, 2.75) is 26.1 Å². The normalized spacial score (nSPS) is 15.5. The van der Waals surface area contributed by atoms with Gasteiger partial charge in [-0.1, -0.05) is 6.92 Å². The van der Waals surface area contributed by atoms with Crippen LogP contribution in [0.5, 0.6) is 0 Å². The van der Waals surface area contributed by atoms with Gasteiger partial charge in [-0.25, -0.2) is 0 Å². The Bertz CT molecular complexity index is 696. The fourth-order valence-corrected chi connectivity index (χ4v) is 3.28. The molecule has 0 bridgehead atoms. The number of carbonyl (C=O) groups is 1. The van der Waals surface area contributed by atoms with Gasteiger partial charge in [0, 0.05) is 19.8 Å². The van der Waals surface area contributed by atoms with E-state index in [-0.39, 0.29) is 5.91 Å². The van der Waals surface area contributed by atoms with Crippen molar-refractivity contribution in [2.24, 2.45) is 7.05 Å². The minimum absolute atomic E-state index is 0.165. The SMILES string of the molecule is CCSCC(=O)N1CCn2nc([C@@H](O)c3ccnn3C)cc2C1. The quantitative estimate of drug-likeness (QED) is 0.874. The summed E-state index contributed by atoms with van der Waals surface area (Å²) in [4.78, 5) is 14.0. The van der Waals surface area contributed by atoms with Gasteiger partial charge in [0.2, 0.25) is 5.91 Å². The lowest BCUT2D eigenvalue weighted by molar-refractivity contribution is -0.129. The van der Waals surface area contributed by atoms with E-state index < -0.39 is 6.10 Å². The Morgan fingerprint density at radius 1 is 1.48 bits per heavy atom. The number of aromatic nitrogens is 4. The molecule has 1 N–H and O–H groups in total. The zero-order chi connectivity index (χ0) is 16.4. The van der Waals surface area contributed by atoms with E-state index >= 15 is 0 Å². The molecule has 8 heteroatoms. The number of amides is 1. The maximum absolute atomic E-state index is 12.2. The van der Waals surface area contributed by atoms with Gasteiger partial charge < -0.3 is 10.0 Å². The highest BCUT2D eigenvalue weighted by atomic mass is 32.2. The fourth-order valence-electron chi connectivity index (χ4n) is 2.72. The smallest absolute Gasteiger partial charge is 0.232 e. The maximum atomic E-state index is 12.2. The first-order valence-corrected chi connectivity index (χ1v) is 8.83. The van der Waals surface area contributed by atoms with Crippen molar-refractivity contribution in [3.8, 4) is 0 Å². The molecule has 3 heterocycles. The Morgan fingerprint density at radius 3 is 3.00 bits per heavy atom. The van der Waals surface area contributed by atoms with Crippen molar-refractivity contribution in [1.29, 1.82) is 0 Å². The van der Waals surface area contributed by atoms with E-state index in [0.717, 1.165) is 11.4 Å². The Balaban J connectivity index is 1.74. The summed E-state index contributed by atoms with van der Waals surface area (Å²) in [6.45, 7) is 3.93. The zero-order valence-corrected chi connectivity index (χ0v) is 14.2. The maximum Gasteiger partial charge on any atom is 0.232 e. The second kappa shape index (κ2) is 6.76. The molecule has 0 aliphatic carbocycles. The number of fused-ring (bicyclic) bond motifs is 1. The van der Waals surface area contributed by atoms with Gasteiger partial charge in [0.15, 0.2) is 0 Å². The minimum Gasteiger partial charge on any atom is -0.380 e. The average molecular weight is 335 g/mol. The molecule has 3 rings (SSSR count). The van der Waals surface area contributed by atoms with Crippen LogP contribution in [0.15, 0.2) is 18.3 Å². The van der Waals surface area contributed by atoms with Crippen LogP contribution in [0.4, 0.5) is 0 Å². The van der Waals surface area contributed by atoms with Crippen molar-refractivity contribution in [1.82, 2.24) is 24.5 Å². The number of rotatable bonds is 5. The molecule has 0 saturated carbocycles. The lowest BCUT2D eigenvalue weighted by Crippen LogP contribution is -2.39. The second-order valence-corrected chi connectivity index (χ2v) is 6.79. The van der Waals surface area contributed by atoms with Gasteiger partial charge in [-0.2, -0.15) is 22.0 Å². The molecule has 124 valence electrons. The third kappa shape index (κ3) is 3.28. The van der Waals surface area contributed by atoms with Gasteiger partial charge in [-0.15, -0.1) is 0 Å². The van der Waals surface area contributed by atoms with Crippen molar-refractivity contribution >= 4 is 17.7 Å². The van der Waals surface area contributed by atoms with Crippen LogP contribution in [-0.4, -0.2) is 53.5 Å². The molecule has 2 aromatic heterocycles. The molecule has 0 aromatic carbocycles. The Kier molecular flexibility index (Phi) is 4.72. The minimum atomic E-state index is -0.805. The summed E-state index contributed by atoms with van der Waals surface area (Å²) < 4.78 is 3.52. The monoisotopic (exact) mass is 335 g/mol. The van der Waals surface area contributed by atoms with Gasteiger partial charge in [0.1, 0.15) is 6.10 Å². The van der Waals surface area contributed by atoms with Crippen molar-refractivity contribution in [3.63, 3.8) is 0 Å². The van der Waals surface area contributed by atoms with Crippen LogP contribution >= 0.6 is 11.8 Å². The summed E-state index contributed by atoms with van der Waals surface area (Å²) in [6, 6.07) is 3.66. The number of aliphatic hydroxyl groups is 1. The third-order valence-electron chi connectivity index (χ3n) is 4.02. The van der Waals surface area contributed by atoms with Crippen LogP contribution in [0, 0.1) is 0 Å². The lowest BCUT2D eigenvalue weighted by atomic mass is 10.1. The van der Waals surface area contributed by atoms with E-state index in [1.807, 2.05) is 15.6 Å². The van der Waals surface area contributed by atoms with Crippen LogP contribution in [-0.2, 0) is 24.9 Å². The van der Waals surface area contributed by atoms with E-state index in [1.54, 1.807) is 35.8 Å². The van der Waals surface area contributed by atoms with E-state index in [1.165, 1.54) is 0 Å². The molecule has 7 nitrogen and oxygen atoms in total. The Labute approximate surface area is 139 Å². The largest absolute Gasteiger partial charge is 0.380 e. The predicted octanol–water partition coefficient (Wildman–Crippen LogP) is 0.794. The molecule has 23 heavy (non-hydrogen) atoms. The van der Waals surface area contributed by atoms with Crippen molar-refractivity contribution in [3.05, 3.63) is 35.4 Å².